The van der Waals surface area contributed by atoms with Crippen molar-refractivity contribution in [1.82, 2.24) is 0 Å². The number of carbonyl (C=O) groups is 1. The van der Waals surface area contributed by atoms with Crippen molar-refractivity contribution in [3.63, 3.8) is 0 Å². The molecule has 0 radical (unpaired) electrons. The zero-order valence-electron chi connectivity index (χ0n) is 9.73. The van der Waals surface area contributed by atoms with E-state index in [2.05, 4.69) is 24.3 Å². The Hall–Kier alpha value is -1.35. The highest BCUT2D eigenvalue weighted by Gasteiger charge is 2.52. The summed E-state index contributed by atoms with van der Waals surface area (Å²) in [6, 6.07) is 7.66. The average Bonchev–Trinajstić information content (AvgIpc) is 3.19. The summed E-state index contributed by atoms with van der Waals surface area (Å²) in [7, 11) is 0. The van der Waals surface area contributed by atoms with Gasteiger partial charge < -0.3 is 10.8 Å². The van der Waals surface area contributed by atoms with E-state index in [1.807, 2.05) is 0 Å². The number of aliphatic carboxylic acids is 1. The molecule has 0 aromatic heterocycles. The van der Waals surface area contributed by atoms with Gasteiger partial charge in [-0.1, -0.05) is 24.3 Å². The smallest absolute Gasteiger partial charge is 0.321 e. The third-order valence-corrected chi connectivity index (χ3v) is 4.18. The van der Waals surface area contributed by atoms with Gasteiger partial charge in [-0.2, -0.15) is 0 Å². The van der Waals surface area contributed by atoms with Gasteiger partial charge in [-0.3, -0.25) is 4.79 Å². The van der Waals surface area contributed by atoms with Gasteiger partial charge >= 0.3 is 5.97 Å². The van der Waals surface area contributed by atoms with Crippen molar-refractivity contribution in [2.24, 2.45) is 5.73 Å². The number of hydrogen-bond acceptors (Lipinski definition) is 2. The Kier molecular flexibility index (Phi) is 2.26. The Labute approximate surface area is 101 Å². The quantitative estimate of drug-likeness (QED) is 0.833. The summed E-state index contributed by atoms with van der Waals surface area (Å²) in [5, 5.41) is 9.05. The molecule has 90 valence electrons. The molecule has 0 bridgehead atoms. The third kappa shape index (κ3) is 1.75. The van der Waals surface area contributed by atoms with Crippen molar-refractivity contribution in [2.75, 3.05) is 0 Å². The molecule has 2 aliphatic rings. The van der Waals surface area contributed by atoms with Gasteiger partial charge in [-0.15, -0.1) is 0 Å². The van der Waals surface area contributed by atoms with Gasteiger partial charge in [0.15, 0.2) is 0 Å². The fourth-order valence-corrected chi connectivity index (χ4v) is 2.65. The Morgan fingerprint density at radius 2 is 1.88 bits per heavy atom. The first-order valence-corrected chi connectivity index (χ1v) is 6.22. The summed E-state index contributed by atoms with van der Waals surface area (Å²) in [6.07, 6.45) is 4.37. The molecule has 0 saturated heterocycles. The summed E-state index contributed by atoms with van der Waals surface area (Å²) in [6.45, 7) is 0. The van der Waals surface area contributed by atoms with Crippen LogP contribution in [0.1, 0.15) is 42.7 Å². The Morgan fingerprint density at radius 1 is 1.29 bits per heavy atom. The minimum atomic E-state index is -0.895. The zero-order chi connectivity index (χ0) is 12.0. The lowest BCUT2D eigenvalue weighted by Gasteiger charge is -2.20. The second kappa shape index (κ2) is 3.57. The summed E-state index contributed by atoms with van der Waals surface area (Å²) < 4.78 is 0. The summed E-state index contributed by atoms with van der Waals surface area (Å²) in [4.78, 5) is 11.0. The van der Waals surface area contributed by atoms with E-state index in [1.165, 1.54) is 18.4 Å². The zero-order valence-corrected chi connectivity index (χ0v) is 9.73. The molecule has 3 N–H and O–H groups in total. The standard InChI is InChI=1S/C14H17NO2/c15-12(13(16)17)14(7-8-14)11-5-3-10(4-6-11)9-1-2-9/h3-6,9,12H,1-2,7-8,15H2,(H,16,17). The van der Waals surface area contributed by atoms with E-state index < -0.39 is 12.0 Å². The second-order valence-corrected chi connectivity index (χ2v) is 5.37. The van der Waals surface area contributed by atoms with Crippen molar-refractivity contribution in [1.29, 1.82) is 0 Å². The topological polar surface area (TPSA) is 63.3 Å². The molecule has 1 aromatic rings. The molecular formula is C14H17NO2. The molecule has 17 heavy (non-hydrogen) atoms. The maximum absolute atomic E-state index is 11.0. The second-order valence-electron chi connectivity index (χ2n) is 5.37. The molecule has 1 unspecified atom stereocenters. The maximum atomic E-state index is 11.0. The van der Waals surface area contributed by atoms with Gasteiger partial charge in [-0.05, 0) is 42.7 Å². The normalized spacial score (nSPS) is 23.1. The van der Waals surface area contributed by atoms with Crippen LogP contribution in [0.2, 0.25) is 0 Å². The number of benzene rings is 1. The van der Waals surface area contributed by atoms with Gasteiger partial charge in [0, 0.05) is 5.41 Å². The van der Waals surface area contributed by atoms with Crippen LogP contribution < -0.4 is 5.73 Å². The number of rotatable bonds is 4. The highest BCUT2D eigenvalue weighted by molar-refractivity contribution is 5.77. The molecule has 0 heterocycles. The van der Waals surface area contributed by atoms with Crippen LogP contribution in [0.25, 0.3) is 0 Å². The molecule has 1 atom stereocenters. The van der Waals surface area contributed by atoms with Crippen LogP contribution in [0, 0.1) is 0 Å². The molecule has 2 fully saturated rings. The van der Waals surface area contributed by atoms with E-state index in [1.54, 1.807) is 0 Å². The fourth-order valence-electron chi connectivity index (χ4n) is 2.65. The van der Waals surface area contributed by atoms with Crippen molar-refractivity contribution in [3.8, 4) is 0 Å². The molecule has 0 aliphatic heterocycles. The van der Waals surface area contributed by atoms with Crippen molar-refractivity contribution in [2.45, 2.75) is 43.1 Å². The molecule has 2 saturated carbocycles. The highest BCUT2D eigenvalue weighted by atomic mass is 16.4. The van der Waals surface area contributed by atoms with E-state index in [9.17, 15) is 4.79 Å². The maximum Gasteiger partial charge on any atom is 0.321 e. The predicted octanol–water partition coefficient (Wildman–Crippen LogP) is 2.01. The number of carboxylic acid groups (broad SMARTS) is 1. The Bertz CT molecular complexity index is 444. The molecule has 2 aliphatic carbocycles. The average molecular weight is 231 g/mol. The van der Waals surface area contributed by atoms with Crippen LogP contribution >= 0.6 is 0 Å². The predicted molar refractivity (Wildman–Crippen MR) is 64.9 cm³/mol. The van der Waals surface area contributed by atoms with Crippen LogP contribution in [-0.2, 0) is 10.2 Å². The lowest BCUT2D eigenvalue weighted by Crippen LogP contribution is -2.41. The lowest BCUT2D eigenvalue weighted by molar-refractivity contribution is -0.139. The minimum Gasteiger partial charge on any atom is -0.480 e. The lowest BCUT2D eigenvalue weighted by atomic mass is 9.87. The van der Waals surface area contributed by atoms with Crippen LogP contribution in [0.5, 0.6) is 0 Å². The first kappa shape index (κ1) is 10.8. The Morgan fingerprint density at radius 3 is 2.29 bits per heavy atom. The van der Waals surface area contributed by atoms with Gasteiger partial charge in [0.2, 0.25) is 0 Å². The molecule has 3 rings (SSSR count). The summed E-state index contributed by atoms with van der Waals surface area (Å²) in [5.41, 5.74) is 7.98. The van der Waals surface area contributed by atoms with Crippen LogP contribution in [0.3, 0.4) is 0 Å². The van der Waals surface area contributed by atoms with Crippen molar-refractivity contribution < 1.29 is 9.90 Å². The van der Waals surface area contributed by atoms with Crippen LogP contribution in [0.15, 0.2) is 24.3 Å². The molecule has 0 spiro atoms. The van der Waals surface area contributed by atoms with E-state index in [0.29, 0.717) is 0 Å². The monoisotopic (exact) mass is 231 g/mol. The van der Waals surface area contributed by atoms with Gasteiger partial charge in [0.1, 0.15) is 6.04 Å². The fraction of sp³-hybridized carbons (Fsp3) is 0.500. The van der Waals surface area contributed by atoms with E-state index in [4.69, 9.17) is 10.8 Å². The van der Waals surface area contributed by atoms with Crippen molar-refractivity contribution in [3.05, 3.63) is 35.4 Å². The highest BCUT2D eigenvalue weighted by Crippen LogP contribution is 2.51. The molecule has 3 nitrogen and oxygen atoms in total. The van der Waals surface area contributed by atoms with Gasteiger partial charge in [-0.25, -0.2) is 0 Å². The van der Waals surface area contributed by atoms with E-state index >= 15 is 0 Å². The summed E-state index contributed by atoms with van der Waals surface area (Å²) in [5.74, 6) is -0.152. The van der Waals surface area contributed by atoms with E-state index in [0.717, 1.165) is 24.3 Å². The van der Waals surface area contributed by atoms with Gasteiger partial charge in [0.05, 0.1) is 0 Å². The number of carboxylic acids is 1. The largest absolute Gasteiger partial charge is 0.480 e. The molecule has 1 aromatic carbocycles. The number of nitrogens with two attached hydrogens (primary N) is 1. The molecule has 0 amide bonds. The van der Waals surface area contributed by atoms with Crippen molar-refractivity contribution >= 4 is 5.97 Å². The first-order valence-electron chi connectivity index (χ1n) is 6.22. The molecular weight excluding hydrogens is 214 g/mol. The first-order chi connectivity index (χ1) is 8.13. The Balaban J connectivity index is 1.85. The minimum absolute atomic E-state index is 0.298. The van der Waals surface area contributed by atoms with Crippen LogP contribution in [-0.4, -0.2) is 17.1 Å². The number of hydrogen-bond donors (Lipinski definition) is 2. The third-order valence-electron chi connectivity index (χ3n) is 4.18. The van der Waals surface area contributed by atoms with Gasteiger partial charge in [0.25, 0.3) is 0 Å². The van der Waals surface area contributed by atoms with E-state index in [-0.39, 0.29) is 5.41 Å². The van der Waals surface area contributed by atoms with Crippen LogP contribution in [0.4, 0.5) is 0 Å². The molecule has 3 heteroatoms. The summed E-state index contributed by atoms with van der Waals surface area (Å²) >= 11 is 0. The SMILES string of the molecule is NC(C(=O)O)C1(c2ccc(C3CC3)cc2)CC1.